The Labute approximate surface area is 105 Å². The summed E-state index contributed by atoms with van der Waals surface area (Å²) < 4.78 is 1.63. The molecule has 2 aromatic rings. The Kier molecular flexibility index (Phi) is 3.32. The number of nitrogens with one attached hydrogen (secondary N) is 1. The molecule has 2 rings (SSSR count). The van der Waals surface area contributed by atoms with Gasteiger partial charge in [0.05, 0.1) is 0 Å². The standard InChI is InChI=1S/C13H16N4O/c1-9(2)17-8-7-15-12(13(17)18)16-11-5-3-10(14)4-6-11/h3-9H,14H2,1-2H3,(H,15,16). The van der Waals surface area contributed by atoms with Crippen molar-refractivity contribution in [2.45, 2.75) is 19.9 Å². The van der Waals surface area contributed by atoms with Gasteiger partial charge in [0.25, 0.3) is 5.56 Å². The van der Waals surface area contributed by atoms with E-state index in [0.717, 1.165) is 5.69 Å². The third kappa shape index (κ3) is 2.51. The largest absolute Gasteiger partial charge is 0.399 e. The van der Waals surface area contributed by atoms with Gasteiger partial charge in [0.1, 0.15) is 0 Å². The number of anilines is 3. The average Bonchev–Trinajstić information content (AvgIpc) is 2.34. The van der Waals surface area contributed by atoms with Gasteiger partial charge in [-0.05, 0) is 38.1 Å². The average molecular weight is 244 g/mol. The predicted octanol–water partition coefficient (Wildman–Crippen LogP) is 2.15. The molecule has 0 saturated heterocycles. The van der Waals surface area contributed by atoms with Crippen molar-refractivity contribution in [3.05, 3.63) is 47.0 Å². The number of nitrogens with zero attached hydrogens (tertiary/aromatic N) is 2. The molecule has 0 amide bonds. The van der Waals surface area contributed by atoms with Crippen LogP contribution in [0.5, 0.6) is 0 Å². The Bertz CT molecular complexity index is 587. The van der Waals surface area contributed by atoms with E-state index in [4.69, 9.17) is 5.73 Å². The second kappa shape index (κ2) is 4.91. The van der Waals surface area contributed by atoms with Gasteiger partial charge < -0.3 is 15.6 Å². The lowest BCUT2D eigenvalue weighted by atomic mass is 10.3. The van der Waals surface area contributed by atoms with Crippen molar-refractivity contribution in [3.63, 3.8) is 0 Å². The molecule has 0 aliphatic carbocycles. The van der Waals surface area contributed by atoms with Gasteiger partial charge in [-0.2, -0.15) is 0 Å². The molecule has 0 atom stereocenters. The topological polar surface area (TPSA) is 72.9 Å². The Balaban J connectivity index is 2.32. The number of nitrogen functional groups attached to an aromatic ring is 1. The first-order valence-electron chi connectivity index (χ1n) is 5.77. The van der Waals surface area contributed by atoms with Crippen molar-refractivity contribution in [3.8, 4) is 0 Å². The van der Waals surface area contributed by atoms with E-state index in [1.165, 1.54) is 0 Å². The first kappa shape index (κ1) is 12.2. The fourth-order valence-electron chi connectivity index (χ4n) is 1.62. The number of rotatable bonds is 3. The smallest absolute Gasteiger partial charge is 0.293 e. The number of nitrogens with two attached hydrogens (primary N) is 1. The molecule has 0 spiro atoms. The van der Waals surface area contributed by atoms with Crippen LogP contribution in [-0.2, 0) is 0 Å². The summed E-state index contributed by atoms with van der Waals surface area (Å²) in [6.07, 6.45) is 3.29. The van der Waals surface area contributed by atoms with E-state index < -0.39 is 0 Å². The highest BCUT2D eigenvalue weighted by Gasteiger charge is 2.07. The third-order valence-corrected chi connectivity index (χ3v) is 2.60. The van der Waals surface area contributed by atoms with Gasteiger partial charge in [-0.1, -0.05) is 0 Å². The zero-order valence-electron chi connectivity index (χ0n) is 10.4. The maximum atomic E-state index is 12.1. The molecule has 0 unspecified atom stereocenters. The monoisotopic (exact) mass is 244 g/mol. The molecular formula is C13H16N4O. The lowest BCUT2D eigenvalue weighted by molar-refractivity contribution is 0.576. The van der Waals surface area contributed by atoms with Crippen LogP contribution in [0.25, 0.3) is 0 Å². The first-order chi connectivity index (χ1) is 8.58. The Morgan fingerprint density at radius 2 is 1.94 bits per heavy atom. The molecule has 0 aliphatic rings. The summed E-state index contributed by atoms with van der Waals surface area (Å²) in [5, 5.41) is 2.99. The predicted molar refractivity (Wildman–Crippen MR) is 73.0 cm³/mol. The summed E-state index contributed by atoms with van der Waals surface area (Å²) in [5.41, 5.74) is 6.94. The van der Waals surface area contributed by atoms with Crippen LogP contribution in [0.2, 0.25) is 0 Å². The van der Waals surface area contributed by atoms with Gasteiger partial charge in [0.15, 0.2) is 5.82 Å². The van der Waals surface area contributed by atoms with Crippen LogP contribution in [-0.4, -0.2) is 9.55 Å². The molecule has 0 saturated carbocycles. The molecule has 0 aliphatic heterocycles. The van der Waals surface area contributed by atoms with Crippen molar-refractivity contribution >= 4 is 17.2 Å². The Morgan fingerprint density at radius 1 is 1.28 bits per heavy atom. The molecule has 5 nitrogen and oxygen atoms in total. The van der Waals surface area contributed by atoms with Gasteiger partial charge in [0, 0.05) is 29.8 Å². The summed E-state index contributed by atoms with van der Waals surface area (Å²) in [7, 11) is 0. The van der Waals surface area contributed by atoms with Gasteiger partial charge in [-0.25, -0.2) is 4.98 Å². The van der Waals surface area contributed by atoms with Crippen LogP contribution < -0.4 is 16.6 Å². The lowest BCUT2D eigenvalue weighted by Crippen LogP contribution is -2.24. The lowest BCUT2D eigenvalue weighted by Gasteiger charge is -2.11. The Morgan fingerprint density at radius 3 is 2.56 bits per heavy atom. The van der Waals surface area contributed by atoms with Crippen molar-refractivity contribution in [2.75, 3.05) is 11.1 Å². The molecule has 0 radical (unpaired) electrons. The molecule has 94 valence electrons. The van der Waals surface area contributed by atoms with E-state index in [2.05, 4.69) is 10.3 Å². The highest BCUT2D eigenvalue weighted by Crippen LogP contribution is 2.14. The van der Waals surface area contributed by atoms with Crippen molar-refractivity contribution in [2.24, 2.45) is 0 Å². The highest BCUT2D eigenvalue weighted by molar-refractivity contribution is 5.58. The molecule has 1 aromatic carbocycles. The highest BCUT2D eigenvalue weighted by atomic mass is 16.1. The summed E-state index contributed by atoms with van der Waals surface area (Å²) in [5.74, 6) is 0.316. The van der Waals surface area contributed by atoms with E-state index in [1.54, 1.807) is 29.1 Å². The zero-order valence-corrected chi connectivity index (χ0v) is 10.4. The van der Waals surface area contributed by atoms with Crippen molar-refractivity contribution in [1.82, 2.24) is 9.55 Å². The summed E-state index contributed by atoms with van der Waals surface area (Å²) >= 11 is 0. The van der Waals surface area contributed by atoms with Crippen LogP contribution in [0.3, 0.4) is 0 Å². The molecule has 1 aromatic heterocycles. The maximum Gasteiger partial charge on any atom is 0.293 e. The number of hydrogen-bond donors (Lipinski definition) is 2. The maximum absolute atomic E-state index is 12.1. The zero-order chi connectivity index (χ0) is 13.1. The molecular weight excluding hydrogens is 228 g/mol. The minimum Gasteiger partial charge on any atom is -0.399 e. The van der Waals surface area contributed by atoms with E-state index in [-0.39, 0.29) is 11.6 Å². The molecule has 3 N–H and O–H groups in total. The van der Waals surface area contributed by atoms with E-state index in [1.807, 2.05) is 26.0 Å². The first-order valence-corrected chi connectivity index (χ1v) is 5.77. The van der Waals surface area contributed by atoms with Gasteiger partial charge >= 0.3 is 0 Å². The fourth-order valence-corrected chi connectivity index (χ4v) is 1.62. The van der Waals surface area contributed by atoms with Crippen LogP contribution in [0.1, 0.15) is 19.9 Å². The summed E-state index contributed by atoms with van der Waals surface area (Å²) in [6.45, 7) is 3.91. The van der Waals surface area contributed by atoms with Crippen molar-refractivity contribution in [1.29, 1.82) is 0 Å². The molecule has 5 heteroatoms. The van der Waals surface area contributed by atoms with E-state index >= 15 is 0 Å². The van der Waals surface area contributed by atoms with Crippen LogP contribution in [0.4, 0.5) is 17.2 Å². The number of hydrogen-bond acceptors (Lipinski definition) is 4. The third-order valence-electron chi connectivity index (χ3n) is 2.60. The minimum atomic E-state index is -0.135. The second-order valence-corrected chi connectivity index (χ2v) is 4.33. The fraction of sp³-hybridized carbons (Fsp3) is 0.231. The van der Waals surface area contributed by atoms with E-state index in [9.17, 15) is 4.79 Å². The van der Waals surface area contributed by atoms with Crippen molar-refractivity contribution < 1.29 is 0 Å². The quantitative estimate of drug-likeness (QED) is 0.811. The molecule has 1 heterocycles. The Hall–Kier alpha value is -2.30. The summed E-state index contributed by atoms with van der Waals surface area (Å²) in [4.78, 5) is 16.2. The second-order valence-electron chi connectivity index (χ2n) is 4.33. The van der Waals surface area contributed by atoms with Gasteiger partial charge in [-0.3, -0.25) is 4.79 Å². The SMILES string of the molecule is CC(C)n1ccnc(Nc2ccc(N)cc2)c1=O. The summed E-state index contributed by atoms with van der Waals surface area (Å²) in [6, 6.07) is 7.26. The van der Waals surface area contributed by atoms with Crippen LogP contribution in [0, 0.1) is 0 Å². The van der Waals surface area contributed by atoms with Gasteiger partial charge in [-0.15, -0.1) is 0 Å². The number of aromatic nitrogens is 2. The molecule has 0 bridgehead atoms. The molecule has 18 heavy (non-hydrogen) atoms. The van der Waals surface area contributed by atoms with Crippen LogP contribution >= 0.6 is 0 Å². The van der Waals surface area contributed by atoms with E-state index in [0.29, 0.717) is 11.5 Å². The normalized spacial score (nSPS) is 10.6. The molecule has 0 fully saturated rings. The number of benzene rings is 1. The van der Waals surface area contributed by atoms with Gasteiger partial charge in [0.2, 0.25) is 0 Å². The minimum absolute atomic E-state index is 0.104. The van der Waals surface area contributed by atoms with Crippen LogP contribution in [0.15, 0.2) is 41.5 Å².